The third-order valence-electron chi connectivity index (χ3n) is 4.16. The summed E-state index contributed by atoms with van der Waals surface area (Å²) >= 11 is 1.58. The summed E-state index contributed by atoms with van der Waals surface area (Å²) in [6.07, 6.45) is 0.280. The molecule has 0 bridgehead atoms. The normalized spacial score (nSPS) is 16.7. The lowest BCUT2D eigenvalue weighted by Gasteiger charge is -2.24. The number of benzene rings is 2. The molecule has 0 saturated carbocycles. The van der Waals surface area contributed by atoms with Crippen LogP contribution in [0.4, 0.5) is 10.1 Å². The lowest BCUT2D eigenvalue weighted by atomic mass is 9.89. The number of carbonyl (C=O) groups excluding carboxylic acids is 1. The summed E-state index contributed by atoms with van der Waals surface area (Å²) in [5.74, 6) is -0.545. The summed E-state index contributed by atoms with van der Waals surface area (Å²) < 4.78 is 14.2. The van der Waals surface area contributed by atoms with Gasteiger partial charge >= 0.3 is 0 Å². The number of rotatable bonds is 2. The van der Waals surface area contributed by atoms with Crippen LogP contribution in [0.2, 0.25) is 0 Å². The Morgan fingerprint density at radius 2 is 1.78 bits per heavy atom. The molecule has 2 nitrogen and oxygen atoms in total. The van der Waals surface area contributed by atoms with E-state index in [9.17, 15) is 9.18 Å². The summed E-state index contributed by atoms with van der Waals surface area (Å²) in [5.41, 5.74) is 3.47. The van der Waals surface area contributed by atoms with Crippen LogP contribution in [-0.2, 0) is 4.79 Å². The Hall–Kier alpha value is -2.46. The molecule has 3 aromatic rings. The van der Waals surface area contributed by atoms with Crippen LogP contribution in [0.1, 0.15) is 22.8 Å². The Morgan fingerprint density at radius 1 is 1.04 bits per heavy atom. The fraction of sp³-hybridized carbons (Fsp3) is 0.105. The molecule has 0 spiro atoms. The van der Waals surface area contributed by atoms with Crippen LogP contribution in [0.3, 0.4) is 0 Å². The van der Waals surface area contributed by atoms with Gasteiger partial charge in [0.2, 0.25) is 5.91 Å². The molecule has 0 aliphatic carbocycles. The Labute approximate surface area is 137 Å². The van der Waals surface area contributed by atoms with Crippen molar-refractivity contribution < 1.29 is 9.18 Å². The monoisotopic (exact) mass is 323 g/mol. The zero-order chi connectivity index (χ0) is 15.8. The maximum Gasteiger partial charge on any atom is 0.225 e. The van der Waals surface area contributed by atoms with Crippen molar-refractivity contribution in [3.05, 3.63) is 76.2 Å². The molecule has 0 fully saturated rings. The molecule has 1 aliphatic rings. The molecule has 4 heteroatoms. The van der Waals surface area contributed by atoms with Crippen molar-refractivity contribution in [2.75, 3.05) is 5.32 Å². The molecule has 1 amide bonds. The van der Waals surface area contributed by atoms with Gasteiger partial charge in [-0.15, -0.1) is 11.3 Å². The topological polar surface area (TPSA) is 29.1 Å². The summed E-state index contributed by atoms with van der Waals surface area (Å²) in [6, 6.07) is 16.6. The van der Waals surface area contributed by atoms with Gasteiger partial charge in [0.25, 0.3) is 0 Å². The Morgan fingerprint density at radius 3 is 2.57 bits per heavy atom. The van der Waals surface area contributed by atoms with Gasteiger partial charge in [-0.25, -0.2) is 4.39 Å². The second-order valence-electron chi connectivity index (χ2n) is 5.58. The first kappa shape index (κ1) is 14.2. The number of nitrogens with one attached hydrogen (secondary N) is 1. The van der Waals surface area contributed by atoms with Crippen molar-refractivity contribution >= 4 is 22.9 Å². The van der Waals surface area contributed by atoms with Gasteiger partial charge in [0.1, 0.15) is 5.82 Å². The standard InChI is InChI=1S/C19H14FNOS/c20-16-9-5-4-8-13(16)14-10-17(22)21-18-15(11-23-19(14)18)12-6-2-1-3-7-12/h1-9,11,14H,10H2,(H,21,22). The highest BCUT2D eigenvalue weighted by molar-refractivity contribution is 7.11. The molecular weight excluding hydrogens is 309 g/mol. The first-order valence-corrected chi connectivity index (χ1v) is 8.33. The molecule has 0 saturated heterocycles. The molecule has 1 aromatic heterocycles. The van der Waals surface area contributed by atoms with Crippen LogP contribution in [-0.4, -0.2) is 5.91 Å². The van der Waals surface area contributed by atoms with E-state index in [0.29, 0.717) is 5.56 Å². The van der Waals surface area contributed by atoms with Crippen LogP contribution in [0, 0.1) is 5.82 Å². The molecule has 0 radical (unpaired) electrons. The maximum absolute atomic E-state index is 14.2. The van der Waals surface area contributed by atoms with Gasteiger partial charge in [-0.3, -0.25) is 4.79 Å². The van der Waals surface area contributed by atoms with Crippen LogP contribution in [0.25, 0.3) is 11.1 Å². The highest BCUT2D eigenvalue weighted by Gasteiger charge is 2.31. The van der Waals surface area contributed by atoms with Crippen LogP contribution in [0.15, 0.2) is 60.0 Å². The number of fused-ring (bicyclic) bond motifs is 1. The van der Waals surface area contributed by atoms with E-state index in [-0.39, 0.29) is 24.1 Å². The second-order valence-corrected chi connectivity index (χ2v) is 6.49. The van der Waals surface area contributed by atoms with Crippen LogP contribution >= 0.6 is 11.3 Å². The van der Waals surface area contributed by atoms with E-state index >= 15 is 0 Å². The first-order valence-electron chi connectivity index (χ1n) is 7.45. The summed E-state index contributed by atoms with van der Waals surface area (Å²) in [5, 5.41) is 5.02. The van der Waals surface area contributed by atoms with Crippen molar-refractivity contribution in [3.63, 3.8) is 0 Å². The lowest BCUT2D eigenvalue weighted by molar-refractivity contribution is -0.116. The van der Waals surface area contributed by atoms with E-state index in [1.54, 1.807) is 23.5 Å². The highest BCUT2D eigenvalue weighted by atomic mass is 32.1. The number of carbonyl (C=O) groups is 1. The van der Waals surface area contributed by atoms with E-state index in [4.69, 9.17) is 0 Å². The number of halogens is 1. The molecular formula is C19H14FNOS. The number of anilines is 1. The molecule has 1 aliphatic heterocycles. The molecule has 1 N–H and O–H groups in total. The van der Waals surface area contributed by atoms with Crippen molar-refractivity contribution in [2.45, 2.75) is 12.3 Å². The summed E-state index contributed by atoms with van der Waals surface area (Å²) in [6.45, 7) is 0. The van der Waals surface area contributed by atoms with Gasteiger partial charge in [-0.1, -0.05) is 48.5 Å². The third-order valence-corrected chi connectivity index (χ3v) is 5.25. The Kier molecular flexibility index (Phi) is 3.46. The maximum atomic E-state index is 14.2. The predicted octanol–water partition coefficient (Wildman–Crippen LogP) is 5.03. The van der Waals surface area contributed by atoms with Gasteiger partial charge in [-0.05, 0) is 17.2 Å². The Bertz CT molecular complexity index is 872. The number of hydrogen-bond acceptors (Lipinski definition) is 2. The van der Waals surface area contributed by atoms with Crippen molar-refractivity contribution in [2.24, 2.45) is 0 Å². The van der Waals surface area contributed by atoms with Crippen molar-refractivity contribution in [1.82, 2.24) is 0 Å². The van der Waals surface area contributed by atoms with E-state index in [0.717, 1.165) is 21.7 Å². The number of amides is 1. The highest BCUT2D eigenvalue weighted by Crippen LogP contribution is 2.46. The van der Waals surface area contributed by atoms with E-state index in [2.05, 4.69) is 5.32 Å². The van der Waals surface area contributed by atoms with Gasteiger partial charge in [0.15, 0.2) is 0 Å². The third kappa shape index (κ3) is 2.45. The minimum atomic E-state index is -0.257. The molecule has 1 unspecified atom stereocenters. The largest absolute Gasteiger partial charge is 0.325 e. The fourth-order valence-corrected chi connectivity index (χ4v) is 4.22. The fourth-order valence-electron chi connectivity index (χ4n) is 3.07. The van der Waals surface area contributed by atoms with Crippen LogP contribution in [0.5, 0.6) is 0 Å². The van der Waals surface area contributed by atoms with Crippen molar-refractivity contribution in [3.8, 4) is 11.1 Å². The predicted molar refractivity (Wildman–Crippen MR) is 91.2 cm³/mol. The zero-order valence-electron chi connectivity index (χ0n) is 12.3. The quantitative estimate of drug-likeness (QED) is 0.704. The van der Waals surface area contributed by atoms with Gasteiger partial charge in [0.05, 0.1) is 5.69 Å². The first-order chi connectivity index (χ1) is 11.2. The number of hydrogen-bond donors (Lipinski definition) is 1. The summed E-state index contributed by atoms with van der Waals surface area (Å²) in [4.78, 5) is 13.2. The molecule has 4 rings (SSSR count). The van der Waals surface area contributed by atoms with Gasteiger partial charge < -0.3 is 5.32 Å². The van der Waals surface area contributed by atoms with E-state index in [1.807, 2.05) is 41.8 Å². The average molecular weight is 323 g/mol. The minimum Gasteiger partial charge on any atom is -0.325 e. The molecule has 1 atom stereocenters. The zero-order valence-corrected chi connectivity index (χ0v) is 13.1. The van der Waals surface area contributed by atoms with Crippen molar-refractivity contribution in [1.29, 1.82) is 0 Å². The van der Waals surface area contributed by atoms with Crippen LogP contribution < -0.4 is 5.32 Å². The van der Waals surface area contributed by atoms with E-state index < -0.39 is 0 Å². The average Bonchev–Trinajstić information content (AvgIpc) is 2.99. The molecule has 23 heavy (non-hydrogen) atoms. The molecule has 114 valence electrons. The van der Waals surface area contributed by atoms with E-state index in [1.165, 1.54) is 6.07 Å². The number of thiophene rings is 1. The molecule has 2 heterocycles. The van der Waals surface area contributed by atoms with Gasteiger partial charge in [0, 0.05) is 28.2 Å². The smallest absolute Gasteiger partial charge is 0.225 e. The minimum absolute atomic E-state index is 0.0682. The van der Waals surface area contributed by atoms with Gasteiger partial charge in [-0.2, -0.15) is 0 Å². The second kappa shape index (κ2) is 5.63. The Balaban J connectivity index is 1.85. The lowest BCUT2D eigenvalue weighted by Crippen LogP contribution is -2.23. The SMILES string of the molecule is O=C1CC(c2ccccc2F)c2scc(-c3ccccc3)c2N1. The molecule has 2 aromatic carbocycles. The summed E-state index contributed by atoms with van der Waals surface area (Å²) in [7, 11) is 0.